The van der Waals surface area contributed by atoms with Gasteiger partial charge in [-0.2, -0.15) is 5.10 Å². The molecule has 96 valence electrons. The molecule has 1 aromatic heterocycles. The van der Waals surface area contributed by atoms with Crippen LogP contribution in [0.2, 0.25) is 0 Å². The molecule has 3 nitrogen and oxygen atoms in total. The fourth-order valence-electron chi connectivity index (χ4n) is 1.93. The third kappa shape index (κ3) is 3.13. The number of aromatic nitrogens is 2. The molecule has 1 atom stereocenters. The van der Waals surface area contributed by atoms with Crippen LogP contribution in [0, 0.1) is 3.57 Å². The van der Waals surface area contributed by atoms with Crippen LogP contribution < -0.4 is 5.32 Å². The summed E-state index contributed by atoms with van der Waals surface area (Å²) in [5.41, 5.74) is 2.36. The average molecular weight is 420 g/mol. The molecule has 0 radical (unpaired) electrons. The van der Waals surface area contributed by atoms with E-state index in [9.17, 15) is 0 Å². The lowest BCUT2D eigenvalue weighted by atomic mass is 10.1. The second-order valence-corrected chi connectivity index (χ2v) is 6.25. The number of halogens is 2. The van der Waals surface area contributed by atoms with Crippen LogP contribution >= 0.6 is 38.5 Å². The average Bonchev–Trinajstić information content (AvgIpc) is 2.76. The molecule has 0 aliphatic heterocycles. The minimum absolute atomic E-state index is 0.306. The van der Waals surface area contributed by atoms with Crippen molar-refractivity contribution in [1.29, 1.82) is 0 Å². The van der Waals surface area contributed by atoms with Crippen LogP contribution in [0.25, 0.3) is 5.69 Å². The summed E-state index contributed by atoms with van der Waals surface area (Å²) in [5, 5.41) is 7.83. The number of hydrogen-bond acceptors (Lipinski definition) is 2. The van der Waals surface area contributed by atoms with Gasteiger partial charge in [0.2, 0.25) is 0 Å². The van der Waals surface area contributed by atoms with Crippen LogP contribution in [0.4, 0.5) is 0 Å². The summed E-state index contributed by atoms with van der Waals surface area (Å²) in [6.45, 7) is 5.24. The third-order valence-corrected chi connectivity index (χ3v) is 3.82. The molecular weight excluding hydrogens is 405 g/mol. The zero-order valence-electron chi connectivity index (χ0n) is 10.3. The van der Waals surface area contributed by atoms with Gasteiger partial charge in [-0.05, 0) is 53.8 Å². The van der Waals surface area contributed by atoms with E-state index in [1.807, 2.05) is 17.1 Å². The molecule has 1 N–H and O–H groups in total. The van der Waals surface area contributed by atoms with Gasteiger partial charge in [0.25, 0.3) is 0 Å². The molecular formula is C13H15BrIN3. The van der Waals surface area contributed by atoms with Gasteiger partial charge in [0.05, 0.1) is 15.5 Å². The molecule has 0 saturated heterocycles. The standard InChI is InChI=1S/C13H15BrIN3/c1-3-16-9(2)12-5-4-10(14)6-13(12)18-8-11(15)7-17-18/h4-9,16H,3H2,1-2H3. The maximum Gasteiger partial charge on any atom is 0.0704 e. The van der Waals surface area contributed by atoms with Crippen molar-refractivity contribution in [1.82, 2.24) is 15.1 Å². The fourth-order valence-corrected chi connectivity index (χ4v) is 2.67. The normalized spacial score (nSPS) is 12.7. The van der Waals surface area contributed by atoms with Crippen LogP contribution in [0.1, 0.15) is 25.5 Å². The molecule has 0 aliphatic rings. The van der Waals surface area contributed by atoms with Gasteiger partial charge in [-0.25, -0.2) is 4.68 Å². The van der Waals surface area contributed by atoms with Crippen molar-refractivity contribution < 1.29 is 0 Å². The predicted molar refractivity (Wildman–Crippen MR) is 86.1 cm³/mol. The first-order chi connectivity index (χ1) is 8.61. The lowest BCUT2D eigenvalue weighted by Gasteiger charge is -2.17. The fraction of sp³-hybridized carbons (Fsp3) is 0.308. The van der Waals surface area contributed by atoms with Gasteiger partial charge in [-0.15, -0.1) is 0 Å². The minimum atomic E-state index is 0.306. The number of hydrogen-bond donors (Lipinski definition) is 1. The van der Waals surface area contributed by atoms with E-state index in [0.29, 0.717) is 6.04 Å². The quantitative estimate of drug-likeness (QED) is 0.761. The van der Waals surface area contributed by atoms with Crippen molar-refractivity contribution in [2.45, 2.75) is 19.9 Å². The Morgan fingerprint density at radius 1 is 1.50 bits per heavy atom. The molecule has 0 aliphatic carbocycles. The molecule has 1 heterocycles. The lowest BCUT2D eigenvalue weighted by Crippen LogP contribution is -2.19. The molecule has 2 aromatic rings. The second-order valence-electron chi connectivity index (χ2n) is 4.09. The minimum Gasteiger partial charge on any atom is -0.310 e. The number of nitrogens with one attached hydrogen (secondary N) is 1. The maximum absolute atomic E-state index is 4.39. The number of rotatable bonds is 4. The topological polar surface area (TPSA) is 29.9 Å². The van der Waals surface area contributed by atoms with Crippen LogP contribution in [0.5, 0.6) is 0 Å². The van der Waals surface area contributed by atoms with Gasteiger partial charge < -0.3 is 5.32 Å². The van der Waals surface area contributed by atoms with Gasteiger partial charge in [0.1, 0.15) is 0 Å². The van der Waals surface area contributed by atoms with Crippen molar-refractivity contribution in [3.63, 3.8) is 0 Å². The highest BCUT2D eigenvalue weighted by Gasteiger charge is 2.12. The monoisotopic (exact) mass is 419 g/mol. The summed E-state index contributed by atoms with van der Waals surface area (Å²) in [5.74, 6) is 0. The molecule has 0 spiro atoms. The molecule has 0 fully saturated rings. The summed E-state index contributed by atoms with van der Waals surface area (Å²) in [6.07, 6.45) is 3.90. The van der Waals surface area contributed by atoms with Crippen LogP contribution in [0.3, 0.4) is 0 Å². The van der Waals surface area contributed by atoms with E-state index < -0.39 is 0 Å². The highest BCUT2D eigenvalue weighted by atomic mass is 127. The van der Waals surface area contributed by atoms with E-state index in [2.05, 4.69) is 81.0 Å². The van der Waals surface area contributed by atoms with Gasteiger partial charge in [0.15, 0.2) is 0 Å². The summed E-state index contributed by atoms with van der Waals surface area (Å²) >= 11 is 5.80. The van der Waals surface area contributed by atoms with Gasteiger partial charge >= 0.3 is 0 Å². The first kappa shape index (κ1) is 14.0. The van der Waals surface area contributed by atoms with Crippen LogP contribution in [-0.2, 0) is 0 Å². The second kappa shape index (κ2) is 6.16. The Balaban J connectivity index is 2.47. The Hall–Kier alpha value is -0.400. The van der Waals surface area contributed by atoms with E-state index in [1.54, 1.807) is 0 Å². The Morgan fingerprint density at radius 2 is 2.28 bits per heavy atom. The third-order valence-electron chi connectivity index (χ3n) is 2.77. The maximum atomic E-state index is 4.39. The number of benzene rings is 1. The first-order valence-electron chi connectivity index (χ1n) is 5.85. The van der Waals surface area contributed by atoms with E-state index >= 15 is 0 Å². The largest absolute Gasteiger partial charge is 0.310 e. The number of nitrogens with zero attached hydrogens (tertiary/aromatic N) is 2. The van der Waals surface area contributed by atoms with E-state index in [4.69, 9.17) is 0 Å². The Morgan fingerprint density at radius 3 is 2.89 bits per heavy atom. The SMILES string of the molecule is CCNC(C)c1ccc(Br)cc1-n1cc(I)cn1. The Kier molecular flexibility index (Phi) is 4.80. The lowest BCUT2D eigenvalue weighted by molar-refractivity contribution is 0.593. The van der Waals surface area contributed by atoms with Crippen molar-refractivity contribution in [2.75, 3.05) is 6.54 Å². The molecule has 0 bridgehead atoms. The predicted octanol–water partition coefficient (Wildman–Crippen LogP) is 3.91. The van der Waals surface area contributed by atoms with E-state index in [1.165, 1.54) is 5.56 Å². The van der Waals surface area contributed by atoms with Crippen molar-refractivity contribution in [3.8, 4) is 5.69 Å². The molecule has 5 heteroatoms. The smallest absolute Gasteiger partial charge is 0.0704 e. The van der Waals surface area contributed by atoms with Crippen LogP contribution in [0.15, 0.2) is 35.1 Å². The molecule has 2 rings (SSSR count). The summed E-state index contributed by atoms with van der Waals surface area (Å²) in [4.78, 5) is 0. The Bertz CT molecular complexity index is 539. The zero-order valence-corrected chi connectivity index (χ0v) is 14.1. The van der Waals surface area contributed by atoms with Gasteiger partial charge in [0, 0.05) is 16.7 Å². The Labute approximate surface area is 129 Å². The summed E-state index contributed by atoms with van der Waals surface area (Å²) in [6, 6.07) is 6.62. The first-order valence-corrected chi connectivity index (χ1v) is 7.72. The van der Waals surface area contributed by atoms with E-state index in [-0.39, 0.29) is 0 Å². The molecule has 1 aromatic carbocycles. The molecule has 18 heavy (non-hydrogen) atoms. The van der Waals surface area contributed by atoms with Gasteiger partial charge in [-0.1, -0.05) is 28.9 Å². The van der Waals surface area contributed by atoms with E-state index in [0.717, 1.165) is 20.3 Å². The molecule has 0 amide bonds. The zero-order chi connectivity index (χ0) is 13.1. The van der Waals surface area contributed by atoms with Crippen molar-refractivity contribution >= 4 is 38.5 Å². The van der Waals surface area contributed by atoms with Gasteiger partial charge in [-0.3, -0.25) is 0 Å². The highest BCUT2D eigenvalue weighted by molar-refractivity contribution is 14.1. The van der Waals surface area contributed by atoms with Crippen molar-refractivity contribution in [2.24, 2.45) is 0 Å². The summed E-state index contributed by atoms with van der Waals surface area (Å²) < 4.78 is 4.13. The molecule has 1 unspecified atom stereocenters. The highest BCUT2D eigenvalue weighted by Crippen LogP contribution is 2.25. The van der Waals surface area contributed by atoms with Crippen LogP contribution in [-0.4, -0.2) is 16.3 Å². The van der Waals surface area contributed by atoms with Crippen molar-refractivity contribution in [3.05, 3.63) is 44.2 Å². The molecule has 0 saturated carbocycles. The summed E-state index contributed by atoms with van der Waals surface area (Å²) in [7, 11) is 0.